The van der Waals surface area contributed by atoms with Gasteiger partial charge in [0.1, 0.15) is 0 Å². The van der Waals surface area contributed by atoms with E-state index < -0.39 is 0 Å². The molecular formula is C10H21NOS. The molecule has 0 radical (unpaired) electrons. The Balaban J connectivity index is 2.49. The van der Waals surface area contributed by atoms with Crippen LogP contribution < -0.4 is 5.32 Å². The number of thioether (sulfide) groups is 1. The van der Waals surface area contributed by atoms with E-state index in [-0.39, 0.29) is 12.1 Å². The van der Waals surface area contributed by atoms with Gasteiger partial charge >= 0.3 is 0 Å². The normalized spacial score (nSPS) is 34.4. The fraction of sp³-hybridized carbons (Fsp3) is 1.00. The number of aliphatic hydroxyl groups is 1. The number of nitrogens with one attached hydrogen (secondary N) is 1. The summed E-state index contributed by atoms with van der Waals surface area (Å²) in [5.74, 6) is 1.83. The average Bonchev–Trinajstić information content (AvgIpc) is 2.45. The van der Waals surface area contributed by atoms with Crippen molar-refractivity contribution in [3.8, 4) is 0 Å². The molecular weight excluding hydrogens is 182 g/mol. The maximum absolute atomic E-state index is 9.42. The molecule has 2 N–H and O–H groups in total. The molecule has 1 fully saturated rings. The largest absolute Gasteiger partial charge is 0.394 e. The molecule has 0 aliphatic carbocycles. The predicted molar refractivity (Wildman–Crippen MR) is 59.2 cm³/mol. The fourth-order valence-corrected chi connectivity index (χ4v) is 3.11. The van der Waals surface area contributed by atoms with Gasteiger partial charge in [0.25, 0.3) is 0 Å². The quantitative estimate of drug-likeness (QED) is 0.726. The molecule has 2 nitrogen and oxygen atoms in total. The van der Waals surface area contributed by atoms with Gasteiger partial charge in [0.15, 0.2) is 0 Å². The van der Waals surface area contributed by atoms with Crippen LogP contribution in [0.4, 0.5) is 0 Å². The standard InChI is InChI=1S/C10H21NOS/c1-8(2)6-11-10(7-12)4-5-13-9(10)3/h8-9,11-12H,4-7H2,1-3H3. The van der Waals surface area contributed by atoms with Gasteiger partial charge in [0.2, 0.25) is 0 Å². The monoisotopic (exact) mass is 203 g/mol. The van der Waals surface area contributed by atoms with Crippen molar-refractivity contribution >= 4 is 11.8 Å². The van der Waals surface area contributed by atoms with Crippen molar-refractivity contribution < 1.29 is 5.11 Å². The minimum absolute atomic E-state index is 0.00502. The maximum atomic E-state index is 9.42. The van der Waals surface area contributed by atoms with E-state index in [1.54, 1.807) is 0 Å². The molecule has 1 rings (SSSR count). The molecule has 2 atom stereocenters. The summed E-state index contributed by atoms with van der Waals surface area (Å²) in [6, 6.07) is 0. The third kappa shape index (κ3) is 2.61. The topological polar surface area (TPSA) is 32.3 Å². The van der Waals surface area contributed by atoms with Crippen LogP contribution in [0.3, 0.4) is 0 Å². The molecule has 1 aliphatic rings. The van der Waals surface area contributed by atoms with Crippen molar-refractivity contribution in [3.05, 3.63) is 0 Å². The summed E-state index contributed by atoms with van der Waals surface area (Å²) < 4.78 is 0. The van der Waals surface area contributed by atoms with Crippen LogP contribution in [0.5, 0.6) is 0 Å². The van der Waals surface area contributed by atoms with Crippen molar-refractivity contribution in [2.45, 2.75) is 38.0 Å². The van der Waals surface area contributed by atoms with Gasteiger partial charge in [0.05, 0.1) is 12.1 Å². The SMILES string of the molecule is CC(C)CNC1(CO)CCSC1C. The third-order valence-corrected chi connectivity index (χ3v) is 4.23. The van der Waals surface area contributed by atoms with E-state index in [1.165, 1.54) is 5.75 Å². The second-order valence-electron chi connectivity index (χ2n) is 4.35. The van der Waals surface area contributed by atoms with Gasteiger partial charge in [-0.1, -0.05) is 20.8 Å². The van der Waals surface area contributed by atoms with Crippen LogP contribution in [-0.4, -0.2) is 34.8 Å². The smallest absolute Gasteiger partial charge is 0.0624 e. The summed E-state index contributed by atoms with van der Waals surface area (Å²) in [5.41, 5.74) is -0.00502. The molecule has 13 heavy (non-hydrogen) atoms. The summed E-state index contributed by atoms with van der Waals surface area (Å²) in [6.45, 7) is 7.89. The van der Waals surface area contributed by atoms with Gasteiger partial charge in [-0.2, -0.15) is 11.8 Å². The van der Waals surface area contributed by atoms with Crippen molar-refractivity contribution in [1.29, 1.82) is 0 Å². The summed E-state index contributed by atoms with van der Waals surface area (Å²) in [6.07, 6.45) is 1.10. The Hall–Kier alpha value is 0.270. The van der Waals surface area contributed by atoms with Gasteiger partial charge in [-0.15, -0.1) is 0 Å². The number of hydrogen-bond donors (Lipinski definition) is 2. The maximum Gasteiger partial charge on any atom is 0.0624 e. The van der Waals surface area contributed by atoms with Gasteiger partial charge in [-0.3, -0.25) is 0 Å². The zero-order chi connectivity index (χ0) is 9.90. The van der Waals surface area contributed by atoms with Gasteiger partial charge < -0.3 is 10.4 Å². The first-order chi connectivity index (χ1) is 6.10. The van der Waals surface area contributed by atoms with Crippen LogP contribution in [0, 0.1) is 5.92 Å². The Morgan fingerprint density at radius 2 is 2.31 bits per heavy atom. The highest BCUT2D eigenvalue weighted by Crippen LogP contribution is 2.35. The highest BCUT2D eigenvalue weighted by atomic mass is 32.2. The first-order valence-electron chi connectivity index (χ1n) is 5.08. The van der Waals surface area contributed by atoms with Crippen LogP contribution in [-0.2, 0) is 0 Å². The van der Waals surface area contributed by atoms with Gasteiger partial charge in [-0.25, -0.2) is 0 Å². The van der Waals surface area contributed by atoms with E-state index in [9.17, 15) is 5.11 Å². The third-order valence-electron chi connectivity index (χ3n) is 2.84. The van der Waals surface area contributed by atoms with E-state index >= 15 is 0 Å². The van der Waals surface area contributed by atoms with E-state index in [0.29, 0.717) is 11.2 Å². The number of rotatable bonds is 4. The van der Waals surface area contributed by atoms with Crippen molar-refractivity contribution in [3.63, 3.8) is 0 Å². The summed E-state index contributed by atoms with van der Waals surface area (Å²) in [7, 11) is 0. The highest BCUT2D eigenvalue weighted by Gasteiger charge is 2.39. The Labute approximate surface area is 85.5 Å². The number of hydrogen-bond acceptors (Lipinski definition) is 3. The molecule has 78 valence electrons. The van der Waals surface area contributed by atoms with Gasteiger partial charge in [0, 0.05) is 5.25 Å². The van der Waals surface area contributed by atoms with Crippen molar-refractivity contribution in [2.24, 2.45) is 5.92 Å². The van der Waals surface area contributed by atoms with Crippen LogP contribution in [0.25, 0.3) is 0 Å². The minimum Gasteiger partial charge on any atom is -0.394 e. The van der Waals surface area contributed by atoms with Crippen LogP contribution in [0.2, 0.25) is 0 Å². The van der Waals surface area contributed by atoms with E-state index in [2.05, 4.69) is 26.1 Å². The lowest BCUT2D eigenvalue weighted by atomic mass is 9.93. The van der Waals surface area contributed by atoms with Crippen molar-refractivity contribution in [2.75, 3.05) is 18.9 Å². The van der Waals surface area contributed by atoms with Crippen LogP contribution in [0.15, 0.2) is 0 Å². The fourth-order valence-electron chi connectivity index (χ4n) is 1.68. The lowest BCUT2D eigenvalue weighted by molar-refractivity contribution is 0.158. The molecule has 0 aromatic rings. The van der Waals surface area contributed by atoms with E-state index in [1.807, 2.05) is 11.8 Å². The lowest BCUT2D eigenvalue weighted by Gasteiger charge is -2.33. The zero-order valence-corrected chi connectivity index (χ0v) is 9.66. The summed E-state index contributed by atoms with van der Waals surface area (Å²) in [4.78, 5) is 0. The number of aliphatic hydroxyl groups excluding tert-OH is 1. The molecule has 0 bridgehead atoms. The zero-order valence-electron chi connectivity index (χ0n) is 8.84. The van der Waals surface area contributed by atoms with Crippen LogP contribution >= 0.6 is 11.8 Å². The highest BCUT2D eigenvalue weighted by molar-refractivity contribution is 8.00. The van der Waals surface area contributed by atoms with E-state index in [4.69, 9.17) is 0 Å². The van der Waals surface area contributed by atoms with Crippen LogP contribution in [0.1, 0.15) is 27.2 Å². The summed E-state index contributed by atoms with van der Waals surface area (Å²) in [5, 5.41) is 13.5. The first kappa shape index (κ1) is 11.3. The molecule has 0 amide bonds. The second-order valence-corrected chi connectivity index (χ2v) is 5.80. The second kappa shape index (κ2) is 4.67. The Morgan fingerprint density at radius 3 is 2.69 bits per heavy atom. The summed E-state index contributed by atoms with van der Waals surface area (Å²) >= 11 is 1.96. The average molecular weight is 203 g/mol. The molecule has 0 aromatic heterocycles. The molecule has 1 heterocycles. The Kier molecular flexibility index (Phi) is 4.07. The minimum atomic E-state index is -0.00502. The molecule has 0 aromatic carbocycles. The molecule has 1 saturated heterocycles. The van der Waals surface area contributed by atoms with E-state index in [0.717, 1.165) is 13.0 Å². The predicted octanol–water partition coefficient (Wildman–Crippen LogP) is 1.49. The van der Waals surface area contributed by atoms with Gasteiger partial charge in [-0.05, 0) is 24.6 Å². The van der Waals surface area contributed by atoms with Crippen molar-refractivity contribution in [1.82, 2.24) is 5.32 Å². The molecule has 0 saturated carbocycles. The first-order valence-corrected chi connectivity index (χ1v) is 6.13. The molecule has 2 unspecified atom stereocenters. The molecule has 3 heteroatoms. The Bertz CT molecular complexity index is 163. The lowest BCUT2D eigenvalue weighted by Crippen LogP contribution is -2.53. The Morgan fingerprint density at radius 1 is 1.62 bits per heavy atom. The molecule has 1 aliphatic heterocycles. The molecule has 0 spiro atoms.